The van der Waals surface area contributed by atoms with E-state index in [2.05, 4.69) is 24.1 Å². The van der Waals surface area contributed by atoms with Crippen LogP contribution >= 0.6 is 0 Å². The van der Waals surface area contributed by atoms with Crippen molar-refractivity contribution >= 4 is 28.1 Å². The number of nitrogens with one attached hydrogen (secondary N) is 1. The summed E-state index contributed by atoms with van der Waals surface area (Å²) in [7, 11) is 1.61. The lowest BCUT2D eigenvalue weighted by Crippen LogP contribution is -2.28. The van der Waals surface area contributed by atoms with Crippen molar-refractivity contribution in [2.24, 2.45) is 0 Å². The van der Waals surface area contributed by atoms with Crippen LogP contribution in [0.2, 0.25) is 0 Å². The Labute approximate surface area is 212 Å². The van der Waals surface area contributed by atoms with Crippen LogP contribution < -0.4 is 14.8 Å². The summed E-state index contributed by atoms with van der Waals surface area (Å²) in [6, 6.07) is 13.5. The first-order valence-electron chi connectivity index (χ1n) is 12.5. The van der Waals surface area contributed by atoms with Crippen LogP contribution in [0.5, 0.6) is 11.5 Å². The zero-order valence-electron chi connectivity index (χ0n) is 21.8. The van der Waals surface area contributed by atoms with Gasteiger partial charge in [0.05, 0.1) is 12.6 Å². The quantitative estimate of drug-likeness (QED) is 0.326. The van der Waals surface area contributed by atoms with Gasteiger partial charge in [0.15, 0.2) is 17.1 Å². The molecular formula is C28H35N5O3. The Morgan fingerprint density at radius 1 is 1.08 bits per heavy atom. The number of carbonyl (C=O) groups excluding carboxylic acids is 1. The number of rotatable bonds is 11. The summed E-state index contributed by atoms with van der Waals surface area (Å²) in [5.74, 6) is 1.19. The molecule has 0 fully saturated rings. The van der Waals surface area contributed by atoms with Crippen LogP contribution in [0.15, 0.2) is 42.5 Å². The molecule has 0 radical (unpaired) electrons. The van der Waals surface area contributed by atoms with Crippen molar-refractivity contribution in [2.75, 3.05) is 38.7 Å². The number of benzene rings is 2. The van der Waals surface area contributed by atoms with E-state index in [0.29, 0.717) is 36.6 Å². The largest absolute Gasteiger partial charge is 0.493 e. The van der Waals surface area contributed by atoms with E-state index in [1.165, 1.54) is 0 Å². The predicted molar refractivity (Wildman–Crippen MR) is 143 cm³/mol. The molecule has 0 aliphatic rings. The van der Waals surface area contributed by atoms with Gasteiger partial charge in [-0.15, -0.1) is 0 Å². The third kappa shape index (κ3) is 5.44. The highest BCUT2D eigenvalue weighted by molar-refractivity contribution is 5.92. The number of carbonyl (C=O) groups is 1. The fraction of sp³-hybridized carbons (Fsp3) is 0.393. The van der Waals surface area contributed by atoms with E-state index < -0.39 is 0 Å². The summed E-state index contributed by atoms with van der Waals surface area (Å²) in [6.07, 6.45) is 0.909. The maximum Gasteiger partial charge on any atom is 0.224 e. The van der Waals surface area contributed by atoms with Gasteiger partial charge in [-0.3, -0.25) is 4.79 Å². The van der Waals surface area contributed by atoms with E-state index in [1.807, 2.05) is 60.8 Å². The second-order valence-corrected chi connectivity index (χ2v) is 8.80. The molecule has 0 atom stereocenters. The number of ether oxygens (including phenoxy) is 2. The molecule has 1 N–H and O–H groups in total. The summed E-state index contributed by atoms with van der Waals surface area (Å²) < 4.78 is 13.3. The molecule has 4 rings (SSSR count). The summed E-state index contributed by atoms with van der Waals surface area (Å²) in [5.41, 5.74) is 5.42. The van der Waals surface area contributed by atoms with Crippen LogP contribution in [-0.4, -0.2) is 58.8 Å². The first kappa shape index (κ1) is 25.4. The molecule has 8 nitrogen and oxygen atoms in total. The normalized spacial score (nSPS) is 11.4. The van der Waals surface area contributed by atoms with Gasteiger partial charge in [-0.1, -0.05) is 26.0 Å². The average molecular weight is 490 g/mol. The van der Waals surface area contributed by atoms with Crippen LogP contribution in [0.3, 0.4) is 0 Å². The average Bonchev–Trinajstić information content (AvgIpc) is 3.25. The summed E-state index contributed by atoms with van der Waals surface area (Å²) >= 11 is 0. The third-order valence-electron chi connectivity index (χ3n) is 6.63. The molecule has 36 heavy (non-hydrogen) atoms. The van der Waals surface area contributed by atoms with Crippen LogP contribution in [0.1, 0.15) is 37.2 Å². The molecule has 0 aliphatic heterocycles. The topological polar surface area (TPSA) is 81.0 Å². The molecule has 0 unspecified atom stereocenters. The SMILES string of the molecule is CCN(CC)CCOc1cc(NC(=O)CCc2c(C)nc3c4ccccc4nn3c2C)ccc1OC. The Morgan fingerprint density at radius 3 is 2.61 bits per heavy atom. The molecule has 2 aromatic heterocycles. The molecule has 4 aromatic rings. The van der Waals surface area contributed by atoms with Crippen molar-refractivity contribution in [3.8, 4) is 11.5 Å². The fourth-order valence-electron chi connectivity index (χ4n) is 4.49. The van der Waals surface area contributed by atoms with Gasteiger partial charge in [0, 0.05) is 41.5 Å². The van der Waals surface area contributed by atoms with E-state index in [-0.39, 0.29) is 5.91 Å². The van der Waals surface area contributed by atoms with Gasteiger partial charge in [0.1, 0.15) is 6.61 Å². The van der Waals surface area contributed by atoms with Gasteiger partial charge in [-0.05, 0) is 63.2 Å². The van der Waals surface area contributed by atoms with Crippen LogP contribution in [0.4, 0.5) is 5.69 Å². The minimum Gasteiger partial charge on any atom is -0.493 e. The molecule has 2 heterocycles. The highest BCUT2D eigenvalue weighted by Gasteiger charge is 2.15. The zero-order valence-corrected chi connectivity index (χ0v) is 21.8. The Kier molecular flexibility index (Phi) is 8.05. The number of nitrogens with zero attached hydrogens (tertiary/aromatic N) is 4. The molecule has 2 aromatic carbocycles. The standard InChI is InChI=1S/C28H35N5O3/c1-6-32(7-2)16-17-36-26-18-21(12-14-25(26)35-5)30-27(34)15-13-22-19(3)29-28-23-10-8-9-11-24(23)31-33(28)20(22)4/h8-12,14,18H,6-7,13,15-17H2,1-5H3,(H,30,34). The number of methoxy groups -OCH3 is 1. The van der Waals surface area contributed by atoms with Crippen molar-refractivity contribution in [1.29, 1.82) is 0 Å². The number of fused-ring (bicyclic) bond motifs is 3. The van der Waals surface area contributed by atoms with Gasteiger partial charge in [0.25, 0.3) is 0 Å². The van der Waals surface area contributed by atoms with Crippen molar-refractivity contribution in [3.05, 3.63) is 59.4 Å². The molecule has 1 amide bonds. The number of amides is 1. The van der Waals surface area contributed by atoms with E-state index in [9.17, 15) is 4.79 Å². The highest BCUT2D eigenvalue weighted by Crippen LogP contribution is 2.30. The number of anilines is 1. The molecule has 8 heteroatoms. The highest BCUT2D eigenvalue weighted by atomic mass is 16.5. The van der Waals surface area contributed by atoms with Crippen molar-refractivity contribution in [3.63, 3.8) is 0 Å². The number of likely N-dealkylation sites (N-methyl/N-ethyl adjacent to an activating group) is 1. The first-order valence-corrected chi connectivity index (χ1v) is 12.5. The number of hydrogen-bond donors (Lipinski definition) is 1. The van der Waals surface area contributed by atoms with Gasteiger partial charge in [-0.2, -0.15) is 5.10 Å². The molecule has 0 spiro atoms. The first-order chi connectivity index (χ1) is 17.4. The van der Waals surface area contributed by atoms with Crippen molar-refractivity contribution < 1.29 is 14.3 Å². The summed E-state index contributed by atoms with van der Waals surface area (Å²) in [6.45, 7) is 11.6. The van der Waals surface area contributed by atoms with Gasteiger partial charge < -0.3 is 19.7 Å². The molecular weight excluding hydrogens is 454 g/mol. The maximum absolute atomic E-state index is 12.8. The minimum atomic E-state index is -0.0706. The molecule has 0 aliphatic carbocycles. The van der Waals surface area contributed by atoms with Crippen LogP contribution in [-0.2, 0) is 11.2 Å². The van der Waals surface area contributed by atoms with Gasteiger partial charge in [0.2, 0.25) is 5.91 Å². The molecule has 190 valence electrons. The van der Waals surface area contributed by atoms with Gasteiger partial charge in [-0.25, -0.2) is 9.50 Å². The smallest absolute Gasteiger partial charge is 0.224 e. The number of aryl methyl sites for hydroxylation is 2. The van der Waals surface area contributed by atoms with E-state index >= 15 is 0 Å². The number of hydrogen-bond acceptors (Lipinski definition) is 6. The van der Waals surface area contributed by atoms with Gasteiger partial charge >= 0.3 is 0 Å². The number of aromatic nitrogens is 3. The Bertz CT molecular complexity index is 1360. The molecule has 0 bridgehead atoms. The maximum atomic E-state index is 12.8. The second kappa shape index (κ2) is 11.4. The zero-order chi connectivity index (χ0) is 25.7. The Balaban J connectivity index is 1.43. The Morgan fingerprint density at radius 2 is 1.86 bits per heavy atom. The third-order valence-corrected chi connectivity index (χ3v) is 6.63. The summed E-state index contributed by atoms with van der Waals surface area (Å²) in [5, 5.41) is 8.73. The molecule has 0 saturated heterocycles. The monoisotopic (exact) mass is 489 g/mol. The van der Waals surface area contributed by atoms with E-state index in [4.69, 9.17) is 19.6 Å². The van der Waals surface area contributed by atoms with Crippen molar-refractivity contribution in [1.82, 2.24) is 19.5 Å². The lowest BCUT2D eigenvalue weighted by molar-refractivity contribution is -0.116. The fourth-order valence-corrected chi connectivity index (χ4v) is 4.49. The van der Waals surface area contributed by atoms with Crippen molar-refractivity contribution in [2.45, 2.75) is 40.5 Å². The van der Waals surface area contributed by atoms with Crippen LogP contribution in [0, 0.1) is 13.8 Å². The summed E-state index contributed by atoms with van der Waals surface area (Å²) in [4.78, 5) is 19.9. The Hall–Kier alpha value is -3.65. The molecule has 0 saturated carbocycles. The minimum absolute atomic E-state index is 0.0706. The van der Waals surface area contributed by atoms with Crippen LogP contribution in [0.25, 0.3) is 16.6 Å². The van der Waals surface area contributed by atoms with E-state index in [0.717, 1.165) is 53.1 Å². The predicted octanol–water partition coefficient (Wildman–Crippen LogP) is 4.80. The van der Waals surface area contributed by atoms with E-state index in [1.54, 1.807) is 7.11 Å². The lowest BCUT2D eigenvalue weighted by atomic mass is 10.1. The lowest BCUT2D eigenvalue weighted by Gasteiger charge is -2.19. The second-order valence-electron chi connectivity index (χ2n) is 8.80.